The van der Waals surface area contributed by atoms with Crippen LogP contribution in [0.2, 0.25) is 0 Å². The van der Waals surface area contributed by atoms with E-state index in [0.29, 0.717) is 30.0 Å². The summed E-state index contributed by atoms with van der Waals surface area (Å²) in [7, 11) is 2.88. The highest BCUT2D eigenvalue weighted by Gasteiger charge is 2.38. The molecule has 2 rings (SSSR count). The normalized spacial score (nSPS) is 21.4. The van der Waals surface area contributed by atoms with Gasteiger partial charge < -0.3 is 15.2 Å². The first-order valence-corrected chi connectivity index (χ1v) is 5.98. The number of benzene rings is 1. The highest BCUT2D eigenvalue weighted by molar-refractivity contribution is 5.73. The van der Waals surface area contributed by atoms with Crippen molar-refractivity contribution in [2.24, 2.45) is 5.92 Å². The van der Waals surface area contributed by atoms with Crippen molar-refractivity contribution < 1.29 is 24.0 Å². The summed E-state index contributed by atoms with van der Waals surface area (Å²) in [5.41, 5.74) is 6.31. The molecule has 0 aliphatic heterocycles. The molecule has 0 amide bonds. The van der Waals surface area contributed by atoms with Crippen molar-refractivity contribution in [3.63, 3.8) is 0 Å². The zero-order chi connectivity index (χ0) is 13.8. The first-order chi connectivity index (χ1) is 9.12. The summed E-state index contributed by atoms with van der Waals surface area (Å²) in [4.78, 5) is 20.1. The molecule has 6 heteroatoms. The topological polar surface area (TPSA) is 80.0 Å². The van der Waals surface area contributed by atoms with E-state index in [1.165, 1.54) is 7.11 Å². The zero-order valence-electron chi connectivity index (χ0n) is 10.9. The summed E-state index contributed by atoms with van der Waals surface area (Å²) in [6.45, 7) is 0. The molecule has 6 nitrogen and oxygen atoms in total. The molecule has 0 saturated heterocycles. The highest BCUT2D eigenvalue weighted by Crippen LogP contribution is 2.34. The van der Waals surface area contributed by atoms with E-state index in [2.05, 4.69) is 9.78 Å². The Morgan fingerprint density at radius 3 is 2.53 bits per heavy atom. The van der Waals surface area contributed by atoms with Gasteiger partial charge in [-0.05, 0) is 12.8 Å². The second-order valence-electron chi connectivity index (χ2n) is 4.42. The van der Waals surface area contributed by atoms with Crippen molar-refractivity contribution in [1.82, 2.24) is 0 Å². The fourth-order valence-corrected chi connectivity index (χ4v) is 1.98. The number of ether oxygens (including phenoxy) is 2. The molecule has 0 aromatic heterocycles. The van der Waals surface area contributed by atoms with E-state index >= 15 is 0 Å². The third-order valence-electron chi connectivity index (χ3n) is 3.03. The standard InChI is InChI=1S/C13H17NO5/c1-16-10-5-9(14)6-12(7-10)18-11-3-8(4-11)13(15)19-17-2/h5-8,11H,3-4,14H2,1-2H3/t8-,11+. The van der Waals surface area contributed by atoms with Crippen molar-refractivity contribution >= 4 is 11.7 Å². The van der Waals surface area contributed by atoms with Gasteiger partial charge in [0.05, 0.1) is 20.1 Å². The maximum Gasteiger partial charge on any atom is 0.345 e. The van der Waals surface area contributed by atoms with Gasteiger partial charge in [-0.15, -0.1) is 0 Å². The Kier molecular flexibility index (Phi) is 4.11. The monoisotopic (exact) mass is 267 g/mol. The quantitative estimate of drug-likeness (QED) is 0.495. The fraction of sp³-hybridized carbons (Fsp3) is 0.462. The molecule has 1 aliphatic rings. The lowest BCUT2D eigenvalue weighted by atomic mass is 9.82. The second-order valence-corrected chi connectivity index (χ2v) is 4.42. The van der Waals surface area contributed by atoms with Crippen LogP contribution in [-0.2, 0) is 14.6 Å². The van der Waals surface area contributed by atoms with Gasteiger partial charge in [-0.2, -0.15) is 4.89 Å². The Labute approximate surface area is 111 Å². The van der Waals surface area contributed by atoms with Crippen LogP contribution < -0.4 is 15.2 Å². The molecule has 1 aromatic carbocycles. The summed E-state index contributed by atoms with van der Waals surface area (Å²) in [6, 6.07) is 5.20. The van der Waals surface area contributed by atoms with E-state index in [0.717, 1.165) is 0 Å². The summed E-state index contributed by atoms with van der Waals surface area (Å²) in [5, 5.41) is 0. The molecule has 2 N–H and O–H groups in total. The Morgan fingerprint density at radius 1 is 1.21 bits per heavy atom. The molecular formula is C13H17NO5. The van der Waals surface area contributed by atoms with Gasteiger partial charge in [-0.1, -0.05) is 0 Å². The van der Waals surface area contributed by atoms with Crippen LogP contribution in [0.3, 0.4) is 0 Å². The lowest BCUT2D eigenvalue weighted by Crippen LogP contribution is -2.39. The van der Waals surface area contributed by atoms with Crippen LogP contribution in [-0.4, -0.2) is 26.3 Å². The number of carbonyl (C=O) groups is 1. The minimum absolute atomic E-state index is 0.0130. The molecule has 19 heavy (non-hydrogen) atoms. The van der Waals surface area contributed by atoms with Crippen molar-refractivity contribution in [2.75, 3.05) is 20.0 Å². The van der Waals surface area contributed by atoms with Gasteiger partial charge in [-0.3, -0.25) is 4.89 Å². The minimum atomic E-state index is -0.354. The van der Waals surface area contributed by atoms with Crippen LogP contribution in [0.1, 0.15) is 12.8 Å². The van der Waals surface area contributed by atoms with Gasteiger partial charge >= 0.3 is 5.97 Å². The van der Waals surface area contributed by atoms with Crippen LogP contribution in [0.15, 0.2) is 18.2 Å². The van der Waals surface area contributed by atoms with Crippen molar-refractivity contribution in [3.8, 4) is 11.5 Å². The smallest absolute Gasteiger partial charge is 0.345 e. The molecular weight excluding hydrogens is 250 g/mol. The lowest BCUT2D eigenvalue weighted by molar-refractivity contribution is -0.262. The molecule has 0 radical (unpaired) electrons. The van der Waals surface area contributed by atoms with E-state index in [4.69, 9.17) is 15.2 Å². The summed E-state index contributed by atoms with van der Waals surface area (Å²) in [5.74, 6) is 0.769. The highest BCUT2D eigenvalue weighted by atomic mass is 17.2. The number of hydrogen-bond donors (Lipinski definition) is 1. The van der Waals surface area contributed by atoms with Gasteiger partial charge in [-0.25, -0.2) is 4.79 Å². The number of nitrogens with two attached hydrogens (primary N) is 1. The predicted octanol–water partition coefficient (Wildman–Crippen LogP) is 1.54. The molecule has 1 saturated carbocycles. The number of rotatable bonds is 5. The van der Waals surface area contributed by atoms with Crippen molar-refractivity contribution in [2.45, 2.75) is 18.9 Å². The van der Waals surface area contributed by atoms with Crippen LogP contribution in [0.5, 0.6) is 11.5 Å². The number of anilines is 1. The van der Waals surface area contributed by atoms with Crippen molar-refractivity contribution in [1.29, 1.82) is 0 Å². The third-order valence-corrected chi connectivity index (χ3v) is 3.03. The maximum atomic E-state index is 11.3. The van der Waals surface area contributed by atoms with E-state index in [-0.39, 0.29) is 18.0 Å². The SMILES string of the molecule is COOC(=O)[C@H]1C[C@@H](Oc2cc(N)cc(OC)c2)C1. The van der Waals surface area contributed by atoms with Gasteiger partial charge in [0.2, 0.25) is 0 Å². The van der Waals surface area contributed by atoms with Crippen LogP contribution in [0.25, 0.3) is 0 Å². The zero-order valence-corrected chi connectivity index (χ0v) is 10.9. The van der Waals surface area contributed by atoms with E-state index in [9.17, 15) is 4.79 Å². The van der Waals surface area contributed by atoms with Crippen LogP contribution in [0.4, 0.5) is 5.69 Å². The molecule has 0 atom stereocenters. The number of carbonyl (C=O) groups excluding carboxylic acids is 1. The Bertz CT molecular complexity index is 456. The molecule has 0 spiro atoms. The molecule has 1 aliphatic carbocycles. The van der Waals surface area contributed by atoms with E-state index in [1.807, 2.05) is 0 Å². The average molecular weight is 267 g/mol. The fourth-order valence-electron chi connectivity index (χ4n) is 1.98. The molecule has 0 bridgehead atoms. The maximum absolute atomic E-state index is 11.3. The number of hydrogen-bond acceptors (Lipinski definition) is 6. The summed E-state index contributed by atoms with van der Waals surface area (Å²) >= 11 is 0. The third kappa shape index (κ3) is 3.29. The molecule has 104 valence electrons. The van der Waals surface area contributed by atoms with Gasteiger partial charge in [0.15, 0.2) is 0 Å². The molecule has 1 aromatic rings. The first-order valence-electron chi connectivity index (χ1n) is 5.98. The van der Waals surface area contributed by atoms with E-state index < -0.39 is 0 Å². The molecule has 0 unspecified atom stereocenters. The number of methoxy groups -OCH3 is 1. The van der Waals surface area contributed by atoms with Crippen molar-refractivity contribution in [3.05, 3.63) is 18.2 Å². The molecule has 1 fully saturated rings. The lowest BCUT2D eigenvalue weighted by Gasteiger charge is -2.33. The van der Waals surface area contributed by atoms with Gasteiger partial charge in [0, 0.05) is 23.9 Å². The first kappa shape index (κ1) is 13.5. The van der Waals surface area contributed by atoms with Gasteiger partial charge in [0.25, 0.3) is 0 Å². The Morgan fingerprint density at radius 2 is 1.89 bits per heavy atom. The predicted molar refractivity (Wildman–Crippen MR) is 67.6 cm³/mol. The Balaban J connectivity index is 1.87. The average Bonchev–Trinajstić information content (AvgIpc) is 2.32. The van der Waals surface area contributed by atoms with Crippen LogP contribution >= 0.6 is 0 Å². The minimum Gasteiger partial charge on any atom is -0.497 e. The summed E-state index contributed by atoms with van der Waals surface area (Å²) in [6.07, 6.45) is 1.21. The second kappa shape index (κ2) is 5.79. The van der Waals surface area contributed by atoms with Gasteiger partial charge in [0.1, 0.15) is 17.6 Å². The number of nitrogen functional groups attached to an aromatic ring is 1. The molecule has 0 heterocycles. The largest absolute Gasteiger partial charge is 0.497 e. The Hall–Kier alpha value is -1.95. The van der Waals surface area contributed by atoms with E-state index in [1.54, 1.807) is 25.3 Å². The summed E-state index contributed by atoms with van der Waals surface area (Å²) < 4.78 is 10.8. The van der Waals surface area contributed by atoms with Crippen LogP contribution in [0, 0.1) is 5.92 Å².